The molecule has 8 nitrogen and oxygen atoms in total. The SMILES string of the molecule is COc1ccccc1S(=O)(=O)N1CCN(C(=O)C(=O)NC2CC2)CC1. The van der Waals surface area contributed by atoms with Crippen molar-refractivity contribution in [3.63, 3.8) is 0 Å². The van der Waals surface area contributed by atoms with E-state index in [0.717, 1.165) is 12.8 Å². The smallest absolute Gasteiger partial charge is 0.311 e. The zero-order chi connectivity index (χ0) is 18.0. The number of hydrogen-bond acceptors (Lipinski definition) is 5. The highest BCUT2D eigenvalue weighted by Crippen LogP contribution is 2.27. The number of rotatable bonds is 4. The Labute approximate surface area is 146 Å². The Kier molecular flexibility index (Phi) is 4.96. The number of methoxy groups -OCH3 is 1. The highest BCUT2D eigenvalue weighted by molar-refractivity contribution is 7.89. The largest absolute Gasteiger partial charge is 0.495 e. The average molecular weight is 367 g/mol. The summed E-state index contributed by atoms with van der Waals surface area (Å²) in [5.41, 5.74) is 0. The first-order chi connectivity index (χ1) is 11.9. The predicted octanol–water partition coefficient (Wildman–Crippen LogP) is -0.193. The molecule has 1 aromatic rings. The van der Waals surface area contributed by atoms with Gasteiger partial charge in [0.1, 0.15) is 10.6 Å². The highest BCUT2D eigenvalue weighted by atomic mass is 32.2. The van der Waals surface area contributed by atoms with Crippen molar-refractivity contribution in [2.45, 2.75) is 23.8 Å². The third kappa shape index (κ3) is 3.77. The summed E-state index contributed by atoms with van der Waals surface area (Å²) < 4.78 is 32.0. The Balaban J connectivity index is 1.65. The van der Waals surface area contributed by atoms with Crippen molar-refractivity contribution < 1.29 is 22.7 Å². The summed E-state index contributed by atoms with van der Waals surface area (Å²) in [6, 6.07) is 6.54. The summed E-state index contributed by atoms with van der Waals surface area (Å²) in [4.78, 5) is 25.4. The van der Waals surface area contributed by atoms with Crippen molar-refractivity contribution in [1.82, 2.24) is 14.5 Å². The molecule has 1 saturated heterocycles. The minimum atomic E-state index is -3.71. The lowest BCUT2D eigenvalue weighted by Crippen LogP contribution is -2.54. The van der Waals surface area contributed by atoms with Crippen molar-refractivity contribution in [3.05, 3.63) is 24.3 Å². The molecule has 0 spiro atoms. The van der Waals surface area contributed by atoms with Crippen LogP contribution in [0.15, 0.2) is 29.2 Å². The summed E-state index contributed by atoms with van der Waals surface area (Å²) in [6.45, 7) is 0.655. The molecule has 0 atom stereocenters. The fourth-order valence-electron chi connectivity index (χ4n) is 2.72. The third-order valence-electron chi connectivity index (χ3n) is 4.32. The van der Waals surface area contributed by atoms with Crippen molar-refractivity contribution in [2.75, 3.05) is 33.3 Å². The zero-order valence-electron chi connectivity index (χ0n) is 14.0. The molecule has 1 saturated carbocycles. The maximum Gasteiger partial charge on any atom is 0.311 e. The van der Waals surface area contributed by atoms with Crippen LogP contribution in [0.3, 0.4) is 0 Å². The minimum absolute atomic E-state index is 0.101. The number of nitrogens with zero attached hydrogens (tertiary/aromatic N) is 2. The van der Waals surface area contributed by atoms with E-state index >= 15 is 0 Å². The predicted molar refractivity (Wildman–Crippen MR) is 89.5 cm³/mol. The number of para-hydroxylation sites is 1. The molecule has 1 aliphatic heterocycles. The molecule has 1 aromatic carbocycles. The van der Waals surface area contributed by atoms with Gasteiger partial charge in [-0.2, -0.15) is 4.31 Å². The molecule has 3 rings (SSSR count). The van der Waals surface area contributed by atoms with E-state index in [1.807, 2.05) is 0 Å². The summed E-state index contributed by atoms with van der Waals surface area (Å²) in [5.74, 6) is -0.922. The molecule has 0 radical (unpaired) electrons. The maximum absolute atomic E-state index is 12.8. The van der Waals surface area contributed by atoms with E-state index in [2.05, 4.69) is 5.32 Å². The molecule has 2 fully saturated rings. The van der Waals surface area contributed by atoms with Crippen molar-refractivity contribution in [3.8, 4) is 5.75 Å². The van der Waals surface area contributed by atoms with Crippen LogP contribution in [0.5, 0.6) is 5.75 Å². The molecule has 0 unspecified atom stereocenters. The lowest BCUT2D eigenvalue weighted by molar-refractivity contribution is -0.146. The molecule has 0 aromatic heterocycles. The first-order valence-corrected chi connectivity index (χ1v) is 9.60. The molecule has 0 bridgehead atoms. The highest BCUT2D eigenvalue weighted by Gasteiger charge is 2.34. The molecule has 9 heteroatoms. The van der Waals surface area contributed by atoms with Gasteiger partial charge in [-0.1, -0.05) is 12.1 Å². The molecule has 25 heavy (non-hydrogen) atoms. The number of carbonyl (C=O) groups excluding carboxylic acids is 2. The van der Waals surface area contributed by atoms with Gasteiger partial charge in [-0.05, 0) is 25.0 Å². The van der Waals surface area contributed by atoms with Gasteiger partial charge in [-0.3, -0.25) is 9.59 Å². The van der Waals surface area contributed by atoms with Crippen LogP contribution >= 0.6 is 0 Å². The van der Waals surface area contributed by atoms with Gasteiger partial charge >= 0.3 is 11.8 Å². The molecule has 1 aliphatic carbocycles. The van der Waals surface area contributed by atoms with Gasteiger partial charge in [0.2, 0.25) is 10.0 Å². The van der Waals surface area contributed by atoms with Crippen LogP contribution < -0.4 is 10.1 Å². The van der Waals surface area contributed by atoms with Crippen LogP contribution in [-0.4, -0.2) is 68.8 Å². The van der Waals surface area contributed by atoms with Crippen molar-refractivity contribution >= 4 is 21.8 Å². The van der Waals surface area contributed by atoms with E-state index in [0.29, 0.717) is 0 Å². The monoisotopic (exact) mass is 367 g/mol. The summed E-state index contributed by atoms with van der Waals surface area (Å²) in [7, 11) is -2.29. The molecule has 2 amide bonds. The zero-order valence-corrected chi connectivity index (χ0v) is 14.8. The van der Waals surface area contributed by atoms with Crippen molar-refractivity contribution in [2.24, 2.45) is 0 Å². The molecule has 2 aliphatic rings. The van der Waals surface area contributed by atoms with Crippen LogP contribution in [0.2, 0.25) is 0 Å². The number of sulfonamides is 1. The lowest BCUT2D eigenvalue weighted by atomic mass is 10.3. The van der Waals surface area contributed by atoms with Crippen molar-refractivity contribution in [1.29, 1.82) is 0 Å². The molecule has 136 valence electrons. The van der Waals surface area contributed by atoms with Gasteiger partial charge in [0.15, 0.2) is 0 Å². The Morgan fingerprint density at radius 3 is 2.36 bits per heavy atom. The van der Waals surface area contributed by atoms with E-state index < -0.39 is 21.8 Å². The number of amides is 2. The van der Waals surface area contributed by atoms with E-state index in [1.165, 1.54) is 22.4 Å². The van der Waals surface area contributed by atoms with Gasteiger partial charge in [0, 0.05) is 32.2 Å². The van der Waals surface area contributed by atoms with Gasteiger partial charge < -0.3 is 15.0 Å². The van der Waals surface area contributed by atoms with Crippen LogP contribution in [0.25, 0.3) is 0 Å². The summed E-state index contributed by atoms with van der Waals surface area (Å²) in [5, 5.41) is 2.65. The number of benzene rings is 1. The second-order valence-electron chi connectivity index (χ2n) is 6.09. The fraction of sp³-hybridized carbons (Fsp3) is 0.500. The molecule has 1 N–H and O–H groups in total. The summed E-state index contributed by atoms with van der Waals surface area (Å²) in [6.07, 6.45) is 1.81. The summed E-state index contributed by atoms with van der Waals surface area (Å²) >= 11 is 0. The second kappa shape index (κ2) is 7.01. The number of nitrogens with one attached hydrogen (secondary N) is 1. The van der Waals surface area contributed by atoms with Gasteiger partial charge in [0.25, 0.3) is 0 Å². The Morgan fingerprint density at radius 1 is 1.12 bits per heavy atom. The lowest BCUT2D eigenvalue weighted by Gasteiger charge is -2.33. The third-order valence-corrected chi connectivity index (χ3v) is 6.26. The van der Waals surface area contributed by atoms with Gasteiger partial charge in [-0.25, -0.2) is 8.42 Å². The van der Waals surface area contributed by atoms with Crippen LogP contribution in [0, 0.1) is 0 Å². The van der Waals surface area contributed by atoms with E-state index in [-0.39, 0.29) is 42.9 Å². The van der Waals surface area contributed by atoms with Crippen LogP contribution in [0.1, 0.15) is 12.8 Å². The molecular weight excluding hydrogens is 346 g/mol. The minimum Gasteiger partial charge on any atom is -0.495 e. The standard InChI is InChI=1S/C16H21N3O5S/c1-24-13-4-2-3-5-14(13)25(22,23)19-10-8-18(9-11-19)16(21)15(20)17-12-6-7-12/h2-5,12H,6-11H2,1H3,(H,17,20). The Hall–Kier alpha value is -2.13. The first kappa shape index (κ1) is 17.7. The molecular formula is C16H21N3O5S. The van der Waals surface area contributed by atoms with E-state index in [9.17, 15) is 18.0 Å². The fourth-order valence-corrected chi connectivity index (χ4v) is 4.30. The average Bonchev–Trinajstić information content (AvgIpc) is 3.45. The molecule has 1 heterocycles. The topological polar surface area (TPSA) is 96.0 Å². The first-order valence-electron chi connectivity index (χ1n) is 8.16. The normalized spacial score (nSPS) is 18.7. The number of ether oxygens (including phenoxy) is 1. The van der Waals surface area contributed by atoms with Crippen LogP contribution in [-0.2, 0) is 19.6 Å². The second-order valence-corrected chi connectivity index (χ2v) is 8.00. The van der Waals surface area contributed by atoms with Crippen LogP contribution in [0.4, 0.5) is 0 Å². The number of piperazine rings is 1. The number of hydrogen-bond donors (Lipinski definition) is 1. The Bertz CT molecular complexity index is 768. The van der Waals surface area contributed by atoms with E-state index in [1.54, 1.807) is 18.2 Å². The van der Waals surface area contributed by atoms with Gasteiger partial charge in [0.05, 0.1) is 7.11 Å². The van der Waals surface area contributed by atoms with E-state index in [4.69, 9.17) is 4.74 Å². The maximum atomic E-state index is 12.8. The number of carbonyl (C=O) groups is 2. The van der Waals surface area contributed by atoms with Gasteiger partial charge in [-0.15, -0.1) is 0 Å². The quantitative estimate of drug-likeness (QED) is 0.744. The Morgan fingerprint density at radius 2 is 1.76 bits per heavy atom.